The van der Waals surface area contributed by atoms with E-state index in [1.54, 1.807) is 6.07 Å². The van der Waals surface area contributed by atoms with E-state index in [0.717, 1.165) is 11.1 Å². The Hall–Kier alpha value is -3.23. The van der Waals surface area contributed by atoms with Crippen LogP contribution in [-0.2, 0) is 4.79 Å². The third-order valence-corrected chi connectivity index (χ3v) is 3.46. The number of alkyl halides is 3. The first kappa shape index (κ1) is 17.6. The van der Waals surface area contributed by atoms with Crippen molar-refractivity contribution in [3.63, 3.8) is 0 Å². The molecule has 0 saturated carbocycles. The summed E-state index contributed by atoms with van der Waals surface area (Å²) in [7, 11) is 0. The van der Waals surface area contributed by atoms with Crippen LogP contribution in [0.4, 0.5) is 13.2 Å². The number of aryl methyl sites for hydroxylation is 2. The predicted octanol–water partition coefficient (Wildman–Crippen LogP) is 3.88. The van der Waals surface area contributed by atoms with E-state index in [2.05, 4.69) is 19.9 Å². The molecule has 0 spiro atoms. The molecule has 0 radical (unpaired) electrons. The van der Waals surface area contributed by atoms with Gasteiger partial charge in [0, 0.05) is 11.8 Å². The van der Waals surface area contributed by atoms with E-state index in [9.17, 15) is 18.0 Å². The van der Waals surface area contributed by atoms with Gasteiger partial charge in [-0.25, -0.2) is 9.78 Å². The number of rotatable bonds is 3. The second kappa shape index (κ2) is 6.58. The zero-order valence-electron chi connectivity index (χ0n) is 13.7. The quantitative estimate of drug-likeness (QED) is 0.657. The van der Waals surface area contributed by atoms with Gasteiger partial charge in [0.2, 0.25) is 11.8 Å². The van der Waals surface area contributed by atoms with Gasteiger partial charge in [-0.05, 0) is 37.6 Å². The highest BCUT2D eigenvalue weighted by atomic mass is 19.4. The maximum atomic E-state index is 12.4. The molecule has 0 saturated heterocycles. The minimum Gasteiger partial charge on any atom is -0.416 e. The molecule has 2 heterocycles. The van der Waals surface area contributed by atoms with Crippen LogP contribution in [-0.4, -0.2) is 27.3 Å². The number of pyridine rings is 1. The highest BCUT2D eigenvalue weighted by Crippen LogP contribution is 2.31. The summed E-state index contributed by atoms with van der Waals surface area (Å²) in [6.45, 7) is 3.81. The summed E-state index contributed by atoms with van der Waals surface area (Å²) in [6.07, 6.45) is -3.96. The van der Waals surface area contributed by atoms with Crippen molar-refractivity contribution < 1.29 is 27.1 Å². The van der Waals surface area contributed by atoms with Gasteiger partial charge in [-0.15, -0.1) is 10.2 Å². The lowest BCUT2D eigenvalue weighted by Crippen LogP contribution is -2.28. The number of carbonyl (C=O) groups is 1. The third-order valence-electron chi connectivity index (χ3n) is 3.46. The van der Waals surface area contributed by atoms with Crippen LogP contribution in [0.5, 0.6) is 5.88 Å². The number of nitrogens with zero attached hydrogens (tertiary/aromatic N) is 3. The molecule has 9 heteroatoms. The maximum Gasteiger partial charge on any atom is 0.491 e. The molecular formula is C17H12F3N3O3. The molecule has 26 heavy (non-hydrogen) atoms. The molecule has 0 aliphatic heterocycles. The first-order chi connectivity index (χ1) is 12.3. The summed E-state index contributed by atoms with van der Waals surface area (Å²) < 4.78 is 47.1. The fraction of sp³-hybridized carbons (Fsp3) is 0.176. The number of halogens is 3. The number of ether oxygens (including phenoxy) is 1. The second-order valence-electron chi connectivity index (χ2n) is 5.47. The van der Waals surface area contributed by atoms with E-state index in [0.29, 0.717) is 5.56 Å². The Kier molecular flexibility index (Phi) is 4.45. The number of aromatic nitrogens is 3. The van der Waals surface area contributed by atoms with Gasteiger partial charge in [-0.3, -0.25) is 0 Å². The summed E-state index contributed by atoms with van der Waals surface area (Å²) in [6, 6.07) is 8.41. The first-order valence-corrected chi connectivity index (χ1v) is 7.41. The van der Waals surface area contributed by atoms with Crippen LogP contribution in [0, 0.1) is 13.8 Å². The van der Waals surface area contributed by atoms with Crippen LogP contribution in [0.3, 0.4) is 0 Å². The topological polar surface area (TPSA) is 78.1 Å². The van der Waals surface area contributed by atoms with Gasteiger partial charge in [-0.1, -0.05) is 17.7 Å². The number of carbonyl (C=O) groups excluding carboxylic acids is 1. The first-order valence-electron chi connectivity index (χ1n) is 7.41. The van der Waals surface area contributed by atoms with E-state index < -0.39 is 18.0 Å². The van der Waals surface area contributed by atoms with Gasteiger partial charge in [0.05, 0.1) is 0 Å². The standard InChI is InChI=1S/C17H12F3N3O3/c1-9-5-6-11(10(2)8-9)14-22-23-15(25-14)12-4-3-7-21-13(12)26-16(24)17(18,19)20/h3-8H,1-2H3. The fourth-order valence-electron chi connectivity index (χ4n) is 2.28. The van der Waals surface area contributed by atoms with E-state index in [1.165, 1.54) is 18.3 Å². The zero-order valence-corrected chi connectivity index (χ0v) is 13.7. The number of benzene rings is 1. The number of esters is 1. The van der Waals surface area contributed by atoms with Crippen molar-refractivity contribution in [2.75, 3.05) is 0 Å². The van der Waals surface area contributed by atoms with E-state index >= 15 is 0 Å². The van der Waals surface area contributed by atoms with Crippen molar-refractivity contribution in [3.05, 3.63) is 47.7 Å². The van der Waals surface area contributed by atoms with Crippen molar-refractivity contribution in [1.82, 2.24) is 15.2 Å². The molecule has 0 aliphatic carbocycles. The second-order valence-corrected chi connectivity index (χ2v) is 5.47. The Bertz CT molecular complexity index is 967. The lowest BCUT2D eigenvalue weighted by atomic mass is 10.1. The average molecular weight is 363 g/mol. The van der Waals surface area contributed by atoms with Gasteiger partial charge in [0.25, 0.3) is 5.89 Å². The lowest BCUT2D eigenvalue weighted by Gasteiger charge is -2.08. The van der Waals surface area contributed by atoms with Crippen LogP contribution in [0.15, 0.2) is 40.9 Å². The molecule has 0 atom stereocenters. The number of hydrogen-bond acceptors (Lipinski definition) is 6. The molecule has 3 rings (SSSR count). The van der Waals surface area contributed by atoms with Crippen LogP contribution < -0.4 is 4.74 Å². The van der Waals surface area contributed by atoms with Crippen molar-refractivity contribution in [2.24, 2.45) is 0 Å². The largest absolute Gasteiger partial charge is 0.491 e. The van der Waals surface area contributed by atoms with Crippen molar-refractivity contribution in [3.8, 4) is 28.8 Å². The molecular weight excluding hydrogens is 351 g/mol. The minimum absolute atomic E-state index is 0.0198. The van der Waals surface area contributed by atoms with Gasteiger partial charge >= 0.3 is 12.1 Å². The van der Waals surface area contributed by atoms with Crippen molar-refractivity contribution in [1.29, 1.82) is 0 Å². The monoisotopic (exact) mass is 363 g/mol. The summed E-state index contributed by atoms with van der Waals surface area (Å²) >= 11 is 0. The molecule has 0 N–H and O–H groups in total. The van der Waals surface area contributed by atoms with E-state index in [4.69, 9.17) is 4.42 Å². The van der Waals surface area contributed by atoms with Gasteiger partial charge < -0.3 is 9.15 Å². The fourth-order valence-corrected chi connectivity index (χ4v) is 2.28. The summed E-state index contributed by atoms with van der Waals surface area (Å²) in [5.74, 6) is -2.87. The molecule has 1 aromatic carbocycles. The van der Waals surface area contributed by atoms with E-state index in [-0.39, 0.29) is 17.3 Å². The zero-order chi connectivity index (χ0) is 18.9. The highest BCUT2D eigenvalue weighted by molar-refractivity contribution is 5.79. The Morgan fingerprint density at radius 2 is 1.77 bits per heavy atom. The number of hydrogen-bond donors (Lipinski definition) is 0. The molecule has 0 fully saturated rings. The van der Waals surface area contributed by atoms with Gasteiger partial charge in [0.1, 0.15) is 5.56 Å². The van der Waals surface area contributed by atoms with Crippen LogP contribution in [0.1, 0.15) is 11.1 Å². The summed E-state index contributed by atoms with van der Waals surface area (Å²) in [4.78, 5) is 14.7. The molecule has 0 aliphatic rings. The van der Waals surface area contributed by atoms with Crippen molar-refractivity contribution >= 4 is 5.97 Å². The predicted molar refractivity (Wildman–Crippen MR) is 84.1 cm³/mol. The molecule has 0 amide bonds. The molecule has 6 nitrogen and oxygen atoms in total. The van der Waals surface area contributed by atoms with Gasteiger partial charge in [0.15, 0.2) is 0 Å². The normalized spacial score (nSPS) is 11.4. The van der Waals surface area contributed by atoms with Crippen LogP contribution >= 0.6 is 0 Å². The molecule has 3 aromatic rings. The summed E-state index contributed by atoms with van der Waals surface area (Å²) in [5.41, 5.74) is 2.62. The smallest absolute Gasteiger partial charge is 0.416 e. The molecule has 0 unspecified atom stereocenters. The van der Waals surface area contributed by atoms with Gasteiger partial charge in [-0.2, -0.15) is 13.2 Å². The van der Waals surface area contributed by atoms with Crippen LogP contribution in [0.25, 0.3) is 22.9 Å². The Morgan fingerprint density at radius 1 is 1.08 bits per heavy atom. The summed E-state index contributed by atoms with van der Waals surface area (Å²) in [5, 5.41) is 7.74. The highest BCUT2D eigenvalue weighted by Gasteiger charge is 2.42. The lowest BCUT2D eigenvalue weighted by molar-refractivity contribution is -0.189. The minimum atomic E-state index is -5.15. The Morgan fingerprint density at radius 3 is 2.42 bits per heavy atom. The molecule has 134 valence electrons. The SMILES string of the molecule is Cc1ccc(-c2nnc(-c3cccnc3OC(=O)C(F)(F)F)o2)c(C)c1. The van der Waals surface area contributed by atoms with Crippen molar-refractivity contribution in [2.45, 2.75) is 20.0 Å². The third kappa shape index (κ3) is 3.56. The molecule has 0 bridgehead atoms. The van der Waals surface area contributed by atoms with E-state index in [1.807, 2.05) is 26.0 Å². The maximum absolute atomic E-state index is 12.4. The average Bonchev–Trinajstić information content (AvgIpc) is 3.04. The Balaban J connectivity index is 1.96. The molecule has 2 aromatic heterocycles. The van der Waals surface area contributed by atoms with Crippen LogP contribution in [0.2, 0.25) is 0 Å². The Labute approximate surface area is 145 Å².